The quantitative estimate of drug-likeness (QED) is 0.686. The third-order valence-electron chi connectivity index (χ3n) is 4.04. The van der Waals surface area contributed by atoms with Gasteiger partial charge in [0.25, 0.3) is 0 Å². The van der Waals surface area contributed by atoms with Crippen molar-refractivity contribution in [2.24, 2.45) is 0 Å². The molecular weight excluding hydrogens is 356 g/mol. The van der Waals surface area contributed by atoms with Gasteiger partial charge in [-0.05, 0) is 18.7 Å². The van der Waals surface area contributed by atoms with Crippen LogP contribution in [0.4, 0.5) is 0 Å². The summed E-state index contributed by atoms with van der Waals surface area (Å²) in [5.41, 5.74) is 8.23. The van der Waals surface area contributed by atoms with E-state index in [2.05, 4.69) is 27.4 Å². The first-order valence-corrected chi connectivity index (χ1v) is 10.3. The number of amides is 1. The molecule has 0 radical (unpaired) electrons. The van der Waals surface area contributed by atoms with E-state index < -0.39 is 0 Å². The van der Waals surface area contributed by atoms with E-state index in [0.717, 1.165) is 27.8 Å². The van der Waals surface area contributed by atoms with E-state index in [1.807, 2.05) is 29.6 Å². The molecule has 1 aliphatic rings. The molecule has 3 rings (SSSR count). The number of hydrazine groups is 1. The average molecular weight is 379 g/mol. The summed E-state index contributed by atoms with van der Waals surface area (Å²) in [5, 5.41) is 6.06. The lowest BCUT2D eigenvalue weighted by Crippen LogP contribution is -2.42. The molecule has 1 aliphatic heterocycles. The second-order valence-corrected chi connectivity index (χ2v) is 7.56. The maximum Gasteiger partial charge on any atom is 0.238 e. The normalized spacial score (nSPS) is 19.8. The largest absolute Gasteiger partial charge is 0.496 e. The topological polar surface area (TPSA) is 75.3 Å². The van der Waals surface area contributed by atoms with Gasteiger partial charge in [0.15, 0.2) is 0 Å². The van der Waals surface area contributed by atoms with E-state index in [0.29, 0.717) is 13.0 Å². The third kappa shape index (κ3) is 4.52. The zero-order chi connectivity index (χ0) is 17.6. The van der Waals surface area contributed by atoms with Crippen molar-refractivity contribution < 1.29 is 9.53 Å². The van der Waals surface area contributed by atoms with Gasteiger partial charge in [-0.3, -0.25) is 4.79 Å². The van der Waals surface area contributed by atoms with Crippen LogP contribution in [0.2, 0.25) is 0 Å². The summed E-state index contributed by atoms with van der Waals surface area (Å²) < 4.78 is 5.40. The van der Waals surface area contributed by atoms with Crippen LogP contribution in [0.25, 0.3) is 0 Å². The molecule has 8 heteroatoms. The van der Waals surface area contributed by atoms with Crippen LogP contribution in [0.1, 0.15) is 28.7 Å². The van der Waals surface area contributed by atoms with Gasteiger partial charge in [-0.25, -0.2) is 15.8 Å². The Balaban J connectivity index is 1.53. The molecule has 1 fully saturated rings. The number of carbonyl (C=O) groups excluding carboxylic acids is 1. The average Bonchev–Trinajstić information content (AvgIpc) is 3.29. The fraction of sp³-hybridized carbons (Fsp3) is 0.412. The van der Waals surface area contributed by atoms with Gasteiger partial charge in [0.2, 0.25) is 5.91 Å². The van der Waals surface area contributed by atoms with E-state index >= 15 is 0 Å². The molecule has 1 aromatic carbocycles. The Morgan fingerprint density at radius 1 is 1.44 bits per heavy atom. The van der Waals surface area contributed by atoms with Crippen LogP contribution in [0.3, 0.4) is 0 Å². The minimum atomic E-state index is -0.279. The summed E-state index contributed by atoms with van der Waals surface area (Å²) in [4.78, 5) is 16.9. The first-order chi connectivity index (χ1) is 12.2. The van der Waals surface area contributed by atoms with Gasteiger partial charge in [-0.15, -0.1) is 11.3 Å². The van der Waals surface area contributed by atoms with Crippen LogP contribution >= 0.6 is 23.1 Å². The second kappa shape index (κ2) is 8.66. The van der Waals surface area contributed by atoms with Crippen molar-refractivity contribution in [2.75, 3.05) is 13.4 Å². The van der Waals surface area contributed by atoms with Crippen LogP contribution in [-0.2, 0) is 17.1 Å². The number of hydrogen-bond acceptors (Lipinski definition) is 7. The first-order valence-electron chi connectivity index (χ1n) is 8.05. The summed E-state index contributed by atoms with van der Waals surface area (Å²) in [6.07, 6.45) is 2.72. The summed E-state index contributed by atoms with van der Waals surface area (Å²) in [7, 11) is 1.66. The van der Waals surface area contributed by atoms with Crippen molar-refractivity contribution in [3.05, 3.63) is 45.9 Å². The summed E-state index contributed by atoms with van der Waals surface area (Å²) >= 11 is 3.38. The molecule has 2 heterocycles. The maximum absolute atomic E-state index is 12.4. The minimum Gasteiger partial charge on any atom is -0.496 e. The van der Waals surface area contributed by atoms with Crippen LogP contribution < -0.4 is 20.9 Å². The summed E-state index contributed by atoms with van der Waals surface area (Å²) in [6.45, 7) is 0.460. The number of nitrogens with one attached hydrogen (secondary N) is 3. The molecule has 0 bridgehead atoms. The van der Waals surface area contributed by atoms with Crippen molar-refractivity contribution in [1.29, 1.82) is 0 Å². The Bertz CT molecular complexity index is 722. The van der Waals surface area contributed by atoms with Gasteiger partial charge >= 0.3 is 0 Å². The molecule has 134 valence electrons. The molecule has 2 unspecified atom stereocenters. The molecule has 25 heavy (non-hydrogen) atoms. The SMILES string of the molecule is COc1ccccc1C1CC(C(=O)NCc2csc(CSC)n2)NN1. The van der Waals surface area contributed by atoms with Gasteiger partial charge in [-0.2, -0.15) is 11.8 Å². The van der Waals surface area contributed by atoms with Crippen molar-refractivity contribution in [3.63, 3.8) is 0 Å². The van der Waals surface area contributed by atoms with E-state index in [1.165, 1.54) is 0 Å². The molecule has 6 nitrogen and oxygen atoms in total. The third-order valence-corrected chi connectivity index (χ3v) is 5.69. The molecule has 2 aromatic rings. The van der Waals surface area contributed by atoms with Gasteiger partial charge in [0.05, 0.1) is 25.4 Å². The lowest BCUT2D eigenvalue weighted by Gasteiger charge is -2.13. The highest BCUT2D eigenvalue weighted by Crippen LogP contribution is 2.29. The van der Waals surface area contributed by atoms with Gasteiger partial charge < -0.3 is 10.1 Å². The standard InChI is InChI=1S/C17H22N4O2S2/c1-23-15-6-4-3-5-12(15)13-7-14(21-20-13)17(22)18-8-11-9-25-16(19-11)10-24-2/h3-6,9,13-14,20-21H,7-8,10H2,1-2H3,(H,18,22). The number of para-hydroxylation sites is 1. The van der Waals surface area contributed by atoms with Crippen molar-refractivity contribution >= 4 is 29.0 Å². The molecule has 2 atom stereocenters. The van der Waals surface area contributed by atoms with Crippen molar-refractivity contribution in [2.45, 2.75) is 30.8 Å². The Hall–Kier alpha value is -1.61. The monoisotopic (exact) mass is 378 g/mol. The molecule has 0 spiro atoms. The Labute approximate surface area is 155 Å². The molecule has 0 saturated carbocycles. The Kier molecular flexibility index (Phi) is 6.30. The number of thiazole rings is 1. The lowest BCUT2D eigenvalue weighted by atomic mass is 10.0. The van der Waals surface area contributed by atoms with Crippen LogP contribution in [0.15, 0.2) is 29.6 Å². The predicted octanol–water partition coefficient (Wildman–Crippen LogP) is 2.24. The van der Waals surface area contributed by atoms with E-state index in [1.54, 1.807) is 30.2 Å². The molecule has 1 aromatic heterocycles. The number of methoxy groups -OCH3 is 1. The predicted molar refractivity (Wildman–Crippen MR) is 102 cm³/mol. The summed E-state index contributed by atoms with van der Waals surface area (Å²) in [5.74, 6) is 1.71. The number of thioether (sulfide) groups is 1. The van der Waals surface area contributed by atoms with Crippen LogP contribution in [0.5, 0.6) is 5.75 Å². The number of aromatic nitrogens is 1. The van der Waals surface area contributed by atoms with Crippen LogP contribution in [0, 0.1) is 0 Å². The van der Waals surface area contributed by atoms with Crippen LogP contribution in [-0.4, -0.2) is 30.3 Å². The van der Waals surface area contributed by atoms with E-state index in [-0.39, 0.29) is 18.0 Å². The highest BCUT2D eigenvalue weighted by Gasteiger charge is 2.31. The zero-order valence-electron chi connectivity index (χ0n) is 14.2. The van der Waals surface area contributed by atoms with E-state index in [9.17, 15) is 4.79 Å². The number of ether oxygens (including phenoxy) is 1. The zero-order valence-corrected chi connectivity index (χ0v) is 15.9. The highest BCUT2D eigenvalue weighted by atomic mass is 32.2. The summed E-state index contributed by atoms with van der Waals surface area (Å²) in [6, 6.07) is 7.62. The van der Waals surface area contributed by atoms with Crippen molar-refractivity contribution in [1.82, 2.24) is 21.2 Å². The van der Waals surface area contributed by atoms with Gasteiger partial charge in [0, 0.05) is 16.7 Å². The molecule has 0 aliphatic carbocycles. The molecule has 1 amide bonds. The lowest BCUT2D eigenvalue weighted by molar-refractivity contribution is -0.123. The number of hydrogen-bond donors (Lipinski definition) is 3. The van der Waals surface area contributed by atoms with Gasteiger partial charge in [0.1, 0.15) is 16.8 Å². The number of benzene rings is 1. The Morgan fingerprint density at radius 2 is 2.28 bits per heavy atom. The fourth-order valence-electron chi connectivity index (χ4n) is 2.81. The minimum absolute atomic E-state index is 0.0238. The Morgan fingerprint density at radius 3 is 3.08 bits per heavy atom. The first kappa shape index (κ1) is 18.2. The smallest absolute Gasteiger partial charge is 0.238 e. The second-order valence-electron chi connectivity index (χ2n) is 5.75. The number of nitrogens with zero attached hydrogens (tertiary/aromatic N) is 1. The molecular formula is C17H22N4O2S2. The molecule has 3 N–H and O–H groups in total. The number of carbonyl (C=O) groups is 1. The fourth-order valence-corrected chi connectivity index (χ4v) is 4.32. The molecule has 1 saturated heterocycles. The van der Waals surface area contributed by atoms with Crippen molar-refractivity contribution in [3.8, 4) is 5.75 Å². The van der Waals surface area contributed by atoms with E-state index in [4.69, 9.17) is 4.74 Å². The highest BCUT2D eigenvalue weighted by molar-refractivity contribution is 7.97. The number of rotatable bonds is 7. The van der Waals surface area contributed by atoms with Gasteiger partial charge in [-0.1, -0.05) is 18.2 Å². The maximum atomic E-state index is 12.4.